The van der Waals surface area contributed by atoms with Gasteiger partial charge in [-0.05, 0) is 24.0 Å². The van der Waals surface area contributed by atoms with E-state index in [1.54, 1.807) is 18.1 Å². The normalized spacial score (nSPS) is 11.2. The molecule has 0 aliphatic carbocycles. The van der Waals surface area contributed by atoms with Crippen molar-refractivity contribution in [3.63, 3.8) is 0 Å². The second-order valence-corrected chi connectivity index (χ2v) is 5.85. The van der Waals surface area contributed by atoms with Crippen LogP contribution in [0.15, 0.2) is 11.4 Å². The molecule has 0 bridgehead atoms. The van der Waals surface area contributed by atoms with Crippen LogP contribution in [0.1, 0.15) is 45.6 Å². The van der Waals surface area contributed by atoms with Crippen molar-refractivity contribution in [2.45, 2.75) is 45.1 Å². The standard InChI is InChI=1S/C12H22N4S/c1-8(2)5-6-17-12-10(9(3)4)11(16-13)14-7-15-12/h7-9H,5-6,13H2,1-4H3,(H,14,15,16). The number of rotatable bonds is 6. The summed E-state index contributed by atoms with van der Waals surface area (Å²) >= 11 is 1.79. The van der Waals surface area contributed by atoms with Gasteiger partial charge in [0.1, 0.15) is 17.2 Å². The van der Waals surface area contributed by atoms with Gasteiger partial charge < -0.3 is 5.43 Å². The van der Waals surface area contributed by atoms with Crippen LogP contribution >= 0.6 is 11.8 Å². The maximum absolute atomic E-state index is 5.48. The van der Waals surface area contributed by atoms with Gasteiger partial charge in [-0.25, -0.2) is 15.8 Å². The molecule has 0 saturated heterocycles. The number of nitrogen functional groups attached to an aromatic ring is 1. The molecule has 17 heavy (non-hydrogen) atoms. The van der Waals surface area contributed by atoms with Crippen molar-refractivity contribution in [1.29, 1.82) is 0 Å². The van der Waals surface area contributed by atoms with Crippen LogP contribution in [-0.2, 0) is 0 Å². The molecule has 0 fully saturated rings. The molecule has 1 heterocycles. The van der Waals surface area contributed by atoms with Crippen molar-refractivity contribution in [2.75, 3.05) is 11.2 Å². The van der Waals surface area contributed by atoms with Gasteiger partial charge in [0.15, 0.2) is 0 Å². The van der Waals surface area contributed by atoms with Crippen molar-refractivity contribution in [1.82, 2.24) is 9.97 Å². The third-order valence-electron chi connectivity index (χ3n) is 2.50. The molecule has 0 aliphatic rings. The molecule has 96 valence electrons. The van der Waals surface area contributed by atoms with E-state index in [1.807, 2.05) is 0 Å². The highest BCUT2D eigenvalue weighted by atomic mass is 32.2. The summed E-state index contributed by atoms with van der Waals surface area (Å²) in [5.41, 5.74) is 3.77. The zero-order valence-corrected chi connectivity index (χ0v) is 11.8. The lowest BCUT2D eigenvalue weighted by Gasteiger charge is -2.15. The van der Waals surface area contributed by atoms with Crippen LogP contribution in [0.5, 0.6) is 0 Å². The molecule has 1 aromatic heterocycles. The number of nitrogens with one attached hydrogen (secondary N) is 1. The number of hydrogen-bond donors (Lipinski definition) is 2. The van der Waals surface area contributed by atoms with Crippen molar-refractivity contribution in [3.05, 3.63) is 11.9 Å². The van der Waals surface area contributed by atoms with Gasteiger partial charge >= 0.3 is 0 Å². The predicted molar refractivity (Wildman–Crippen MR) is 74.1 cm³/mol. The number of nitrogens with zero attached hydrogens (tertiary/aromatic N) is 2. The second-order valence-electron chi connectivity index (χ2n) is 4.77. The van der Waals surface area contributed by atoms with Crippen LogP contribution in [-0.4, -0.2) is 15.7 Å². The highest BCUT2D eigenvalue weighted by Crippen LogP contribution is 2.31. The maximum Gasteiger partial charge on any atom is 0.147 e. The van der Waals surface area contributed by atoms with Gasteiger partial charge in [0.2, 0.25) is 0 Å². The summed E-state index contributed by atoms with van der Waals surface area (Å²) in [7, 11) is 0. The minimum absolute atomic E-state index is 0.365. The average molecular weight is 254 g/mol. The molecule has 5 heteroatoms. The molecule has 0 unspecified atom stereocenters. The number of aromatic nitrogens is 2. The zero-order valence-electron chi connectivity index (χ0n) is 11.0. The topological polar surface area (TPSA) is 63.8 Å². The van der Waals surface area contributed by atoms with Crippen LogP contribution in [0.3, 0.4) is 0 Å². The Morgan fingerprint density at radius 3 is 2.53 bits per heavy atom. The number of thioether (sulfide) groups is 1. The predicted octanol–water partition coefficient (Wildman–Crippen LogP) is 3.02. The lowest BCUT2D eigenvalue weighted by molar-refractivity contribution is 0.631. The first kappa shape index (κ1) is 14.3. The molecular weight excluding hydrogens is 232 g/mol. The Hall–Kier alpha value is -0.810. The molecule has 3 N–H and O–H groups in total. The summed E-state index contributed by atoms with van der Waals surface area (Å²) in [6.45, 7) is 8.73. The second kappa shape index (κ2) is 6.81. The largest absolute Gasteiger partial charge is 0.308 e. The Morgan fingerprint density at radius 1 is 1.29 bits per heavy atom. The Labute approximate surface area is 108 Å². The van der Waals surface area contributed by atoms with E-state index in [1.165, 1.54) is 6.42 Å². The van der Waals surface area contributed by atoms with Gasteiger partial charge in [-0.15, -0.1) is 11.8 Å². The molecule has 4 nitrogen and oxygen atoms in total. The Balaban J connectivity index is 2.83. The lowest BCUT2D eigenvalue weighted by Crippen LogP contribution is -2.13. The molecule has 0 spiro atoms. The third-order valence-corrected chi connectivity index (χ3v) is 3.53. The van der Waals surface area contributed by atoms with E-state index in [0.29, 0.717) is 5.92 Å². The quantitative estimate of drug-likeness (QED) is 0.353. The Bertz CT molecular complexity index is 352. The highest BCUT2D eigenvalue weighted by molar-refractivity contribution is 7.99. The number of hydrazine groups is 1. The van der Waals surface area contributed by atoms with E-state index in [4.69, 9.17) is 5.84 Å². The van der Waals surface area contributed by atoms with Gasteiger partial charge in [0.25, 0.3) is 0 Å². The summed E-state index contributed by atoms with van der Waals surface area (Å²) < 4.78 is 0. The van der Waals surface area contributed by atoms with E-state index in [-0.39, 0.29) is 0 Å². The molecule has 0 aliphatic heterocycles. The van der Waals surface area contributed by atoms with Gasteiger partial charge in [-0.3, -0.25) is 0 Å². The minimum Gasteiger partial charge on any atom is -0.308 e. The smallest absolute Gasteiger partial charge is 0.147 e. The zero-order chi connectivity index (χ0) is 12.8. The molecule has 0 atom stereocenters. The summed E-state index contributed by atoms with van der Waals surface area (Å²) in [5.74, 6) is 8.39. The van der Waals surface area contributed by atoms with Crippen LogP contribution < -0.4 is 11.3 Å². The first-order valence-corrected chi connectivity index (χ1v) is 6.99. The van der Waals surface area contributed by atoms with Crippen LogP contribution in [0, 0.1) is 5.92 Å². The minimum atomic E-state index is 0.365. The fourth-order valence-corrected chi connectivity index (χ4v) is 2.91. The van der Waals surface area contributed by atoms with Gasteiger partial charge in [0, 0.05) is 5.56 Å². The fourth-order valence-electron chi connectivity index (χ4n) is 1.52. The summed E-state index contributed by atoms with van der Waals surface area (Å²) in [4.78, 5) is 8.52. The van der Waals surface area contributed by atoms with Gasteiger partial charge in [-0.2, -0.15) is 0 Å². The molecule has 0 aromatic carbocycles. The van der Waals surface area contributed by atoms with E-state index in [2.05, 4.69) is 43.1 Å². The third kappa shape index (κ3) is 4.16. The molecule has 1 aromatic rings. The monoisotopic (exact) mass is 254 g/mol. The van der Waals surface area contributed by atoms with Crippen LogP contribution in [0.2, 0.25) is 0 Å². The van der Waals surface area contributed by atoms with E-state index in [9.17, 15) is 0 Å². The van der Waals surface area contributed by atoms with Crippen molar-refractivity contribution in [2.24, 2.45) is 11.8 Å². The average Bonchev–Trinajstić information content (AvgIpc) is 2.27. The van der Waals surface area contributed by atoms with E-state index >= 15 is 0 Å². The van der Waals surface area contributed by atoms with Crippen LogP contribution in [0.25, 0.3) is 0 Å². The number of anilines is 1. The van der Waals surface area contributed by atoms with Crippen molar-refractivity contribution >= 4 is 17.6 Å². The molecule has 0 amide bonds. The molecule has 1 rings (SSSR count). The first-order chi connectivity index (χ1) is 8.06. The van der Waals surface area contributed by atoms with Gasteiger partial charge in [-0.1, -0.05) is 27.7 Å². The molecule has 0 saturated carbocycles. The lowest BCUT2D eigenvalue weighted by atomic mass is 10.1. The highest BCUT2D eigenvalue weighted by Gasteiger charge is 2.14. The molecular formula is C12H22N4S. The van der Waals surface area contributed by atoms with Crippen molar-refractivity contribution in [3.8, 4) is 0 Å². The van der Waals surface area contributed by atoms with E-state index in [0.717, 1.165) is 28.1 Å². The van der Waals surface area contributed by atoms with E-state index < -0.39 is 0 Å². The fraction of sp³-hybridized carbons (Fsp3) is 0.667. The number of nitrogens with two attached hydrogens (primary N) is 1. The van der Waals surface area contributed by atoms with Gasteiger partial charge in [0.05, 0.1) is 0 Å². The summed E-state index contributed by atoms with van der Waals surface area (Å²) in [5, 5.41) is 1.05. The van der Waals surface area contributed by atoms with Crippen molar-refractivity contribution < 1.29 is 0 Å². The Kier molecular flexibility index (Phi) is 5.71. The summed E-state index contributed by atoms with van der Waals surface area (Å²) in [6.07, 6.45) is 2.76. The SMILES string of the molecule is CC(C)CCSc1ncnc(NN)c1C(C)C. The Morgan fingerprint density at radius 2 is 2.00 bits per heavy atom. The number of hydrogen-bond acceptors (Lipinski definition) is 5. The molecule has 0 radical (unpaired) electrons. The maximum atomic E-state index is 5.48. The van der Waals surface area contributed by atoms with Crippen LogP contribution in [0.4, 0.5) is 5.82 Å². The summed E-state index contributed by atoms with van der Waals surface area (Å²) in [6, 6.07) is 0. The first-order valence-electron chi connectivity index (χ1n) is 6.00.